The summed E-state index contributed by atoms with van der Waals surface area (Å²) in [5, 5.41) is 8.53. The number of nitriles is 1. The molecule has 0 N–H and O–H groups in total. The second-order valence-electron chi connectivity index (χ2n) is 4.02. The van der Waals surface area contributed by atoms with E-state index >= 15 is 0 Å². The summed E-state index contributed by atoms with van der Waals surface area (Å²) >= 11 is 0. The molecule has 0 aromatic carbocycles. The van der Waals surface area contributed by atoms with Gasteiger partial charge in [0.2, 0.25) is 0 Å². The lowest BCUT2D eigenvalue weighted by atomic mass is 10.1. The van der Waals surface area contributed by atoms with Crippen LogP contribution in [0.5, 0.6) is 0 Å². The highest BCUT2D eigenvalue weighted by Crippen LogP contribution is 2.31. The Morgan fingerprint density at radius 3 is 2.50 bits per heavy atom. The van der Waals surface area contributed by atoms with Crippen LogP contribution in [0.4, 0.5) is 13.2 Å². The highest BCUT2D eigenvalue weighted by atomic mass is 19.4. The molecule has 0 atom stereocenters. The molecule has 2 rings (SSSR count). The van der Waals surface area contributed by atoms with Crippen LogP contribution in [0, 0.1) is 18.3 Å². The zero-order chi connectivity index (χ0) is 15.3. The van der Waals surface area contributed by atoms with Crippen molar-refractivity contribution in [2.24, 2.45) is 0 Å². The van der Waals surface area contributed by atoms with Gasteiger partial charge in [-0.3, -0.25) is 0 Å². The van der Waals surface area contributed by atoms with Gasteiger partial charge in [-0.05, 0) is 25.0 Å². The number of hydrogen-bond acceptors (Lipinski definition) is 2. The summed E-state index contributed by atoms with van der Waals surface area (Å²) < 4.78 is 39.5. The summed E-state index contributed by atoms with van der Waals surface area (Å²) in [5.74, 6) is 0. The van der Waals surface area contributed by atoms with Gasteiger partial charge in [-0.25, -0.2) is 4.98 Å². The third-order valence-electron chi connectivity index (χ3n) is 2.58. The van der Waals surface area contributed by atoms with Crippen LogP contribution in [0.25, 0.3) is 5.65 Å². The fraction of sp³-hybridized carbons (Fsp3) is 0.429. The molecule has 2 heterocycles. The number of pyridine rings is 1. The van der Waals surface area contributed by atoms with E-state index in [2.05, 4.69) is 4.98 Å². The Bertz CT molecular complexity index is 621. The molecule has 20 heavy (non-hydrogen) atoms. The number of nitrogens with zero attached hydrogens (tertiary/aromatic N) is 3. The Hall–Kier alpha value is -2.03. The van der Waals surface area contributed by atoms with Crippen LogP contribution in [-0.4, -0.2) is 9.38 Å². The van der Waals surface area contributed by atoms with Crippen LogP contribution < -0.4 is 0 Å². The fourth-order valence-corrected chi connectivity index (χ4v) is 1.82. The van der Waals surface area contributed by atoms with E-state index in [1.807, 2.05) is 19.9 Å². The Kier molecular flexibility index (Phi) is 5.14. The lowest BCUT2D eigenvalue weighted by Gasteiger charge is -2.10. The van der Waals surface area contributed by atoms with Gasteiger partial charge in [0.25, 0.3) is 0 Å². The number of aryl methyl sites for hydroxylation is 2. The molecule has 6 heteroatoms. The number of hydrogen-bond donors (Lipinski definition) is 0. The van der Waals surface area contributed by atoms with Crippen LogP contribution in [0.2, 0.25) is 0 Å². The lowest BCUT2D eigenvalue weighted by molar-refractivity contribution is -0.137. The molecular formula is C14H16F3N3. The number of halogens is 3. The highest BCUT2D eigenvalue weighted by molar-refractivity contribution is 5.51. The van der Waals surface area contributed by atoms with E-state index < -0.39 is 11.7 Å². The minimum absolute atomic E-state index is 0.170. The van der Waals surface area contributed by atoms with Gasteiger partial charge in [0.05, 0.1) is 17.3 Å². The van der Waals surface area contributed by atoms with E-state index in [0.29, 0.717) is 16.9 Å². The first-order valence-electron chi connectivity index (χ1n) is 6.34. The highest BCUT2D eigenvalue weighted by Gasteiger charge is 2.31. The zero-order valence-electron chi connectivity index (χ0n) is 11.6. The summed E-state index contributed by atoms with van der Waals surface area (Å²) in [5.41, 5.74) is 0.850. The topological polar surface area (TPSA) is 41.1 Å². The maximum Gasteiger partial charge on any atom is 0.417 e. The van der Waals surface area contributed by atoms with Gasteiger partial charge in [-0.2, -0.15) is 18.4 Å². The molecule has 108 valence electrons. The first kappa shape index (κ1) is 16.0. The molecule has 0 aliphatic carbocycles. The molecule has 0 saturated carbocycles. The van der Waals surface area contributed by atoms with Crippen molar-refractivity contribution in [3.63, 3.8) is 0 Å². The smallest absolute Gasteiger partial charge is 0.306 e. The molecular weight excluding hydrogens is 267 g/mol. The molecule has 0 fully saturated rings. The number of alkyl halides is 3. The minimum atomic E-state index is -4.40. The van der Waals surface area contributed by atoms with Crippen LogP contribution in [-0.2, 0) is 12.6 Å². The van der Waals surface area contributed by atoms with Gasteiger partial charge in [-0.15, -0.1) is 0 Å². The number of aromatic nitrogens is 2. The van der Waals surface area contributed by atoms with E-state index in [4.69, 9.17) is 5.26 Å². The van der Waals surface area contributed by atoms with Crippen molar-refractivity contribution in [2.75, 3.05) is 0 Å². The molecule has 0 amide bonds. The standard InChI is InChI=1S/C12H10F3N3.C2H6/c1-8-6-18-7-10(12(13,14)15)5-9(3-2-4-16)11(18)17-8;1-2/h5-7H,2-3H2,1H3;1-2H3. The molecule has 3 nitrogen and oxygen atoms in total. The second kappa shape index (κ2) is 6.42. The van der Waals surface area contributed by atoms with Crippen LogP contribution in [0.3, 0.4) is 0 Å². The molecule has 0 aliphatic rings. The normalized spacial score (nSPS) is 10.8. The van der Waals surface area contributed by atoms with Gasteiger partial charge in [-0.1, -0.05) is 13.8 Å². The first-order chi connectivity index (χ1) is 9.41. The molecule has 0 bridgehead atoms. The largest absolute Gasteiger partial charge is 0.417 e. The number of fused-ring (bicyclic) bond motifs is 1. The summed E-state index contributed by atoms with van der Waals surface area (Å²) in [4.78, 5) is 4.18. The van der Waals surface area contributed by atoms with Gasteiger partial charge in [0.1, 0.15) is 5.65 Å². The predicted molar refractivity (Wildman–Crippen MR) is 70.2 cm³/mol. The number of rotatable bonds is 2. The Morgan fingerprint density at radius 2 is 1.95 bits per heavy atom. The molecule has 0 unspecified atom stereocenters. The quantitative estimate of drug-likeness (QED) is 0.831. The maximum atomic E-state index is 12.7. The minimum Gasteiger partial charge on any atom is -0.306 e. The fourth-order valence-electron chi connectivity index (χ4n) is 1.82. The van der Waals surface area contributed by atoms with Crippen molar-refractivity contribution in [1.29, 1.82) is 5.26 Å². The maximum absolute atomic E-state index is 12.7. The van der Waals surface area contributed by atoms with E-state index in [1.165, 1.54) is 4.40 Å². The van der Waals surface area contributed by atoms with Crippen LogP contribution in [0.15, 0.2) is 18.5 Å². The number of imidazole rings is 1. The third-order valence-corrected chi connectivity index (χ3v) is 2.58. The summed E-state index contributed by atoms with van der Waals surface area (Å²) in [6, 6.07) is 3.00. The zero-order valence-corrected chi connectivity index (χ0v) is 11.6. The Balaban J connectivity index is 0.000000956. The van der Waals surface area contributed by atoms with Crippen molar-refractivity contribution in [3.8, 4) is 6.07 Å². The Labute approximate surface area is 115 Å². The van der Waals surface area contributed by atoms with Crippen molar-refractivity contribution in [1.82, 2.24) is 9.38 Å². The summed E-state index contributed by atoms with van der Waals surface area (Å²) in [6.45, 7) is 5.72. The van der Waals surface area contributed by atoms with Crippen molar-refractivity contribution in [3.05, 3.63) is 35.3 Å². The van der Waals surface area contributed by atoms with Gasteiger partial charge in [0, 0.05) is 18.8 Å². The van der Waals surface area contributed by atoms with E-state index in [1.54, 1.807) is 13.1 Å². The monoisotopic (exact) mass is 283 g/mol. The van der Waals surface area contributed by atoms with E-state index in [0.717, 1.165) is 12.3 Å². The summed E-state index contributed by atoms with van der Waals surface area (Å²) in [7, 11) is 0. The molecule has 0 saturated heterocycles. The van der Waals surface area contributed by atoms with Gasteiger partial charge >= 0.3 is 6.18 Å². The SMILES string of the molecule is CC.Cc1cn2cc(C(F)(F)F)cc(CCC#N)c2n1. The molecule has 2 aromatic heterocycles. The molecule has 2 aromatic rings. The Morgan fingerprint density at radius 1 is 1.30 bits per heavy atom. The second-order valence-corrected chi connectivity index (χ2v) is 4.02. The van der Waals surface area contributed by atoms with Crippen molar-refractivity contribution in [2.45, 2.75) is 39.8 Å². The summed E-state index contributed by atoms with van der Waals surface area (Å²) in [6.07, 6.45) is -1.40. The third kappa shape index (κ3) is 3.50. The van der Waals surface area contributed by atoms with Crippen molar-refractivity contribution >= 4 is 5.65 Å². The van der Waals surface area contributed by atoms with Crippen LogP contribution in [0.1, 0.15) is 37.1 Å². The first-order valence-corrected chi connectivity index (χ1v) is 6.34. The van der Waals surface area contributed by atoms with Gasteiger partial charge < -0.3 is 4.40 Å². The molecule has 0 spiro atoms. The molecule has 0 aliphatic heterocycles. The van der Waals surface area contributed by atoms with E-state index in [-0.39, 0.29) is 12.8 Å². The average molecular weight is 283 g/mol. The van der Waals surface area contributed by atoms with Crippen molar-refractivity contribution < 1.29 is 13.2 Å². The lowest BCUT2D eigenvalue weighted by Crippen LogP contribution is -2.08. The van der Waals surface area contributed by atoms with Crippen LogP contribution >= 0.6 is 0 Å². The van der Waals surface area contributed by atoms with E-state index in [9.17, 15) is 13.2 Å². The molecule has 0 radical (unpaired) electrons. The average Bonchev–Trinajstić information content (AvgIpc) is 2.77. The predicted octanol–water partition coefficient (Wildman–Crippen LogP) is 4.14. The van der Waals surface area contributed by atoms with Gasteiger partial charge in [0.15, 0.2) is 0 Å².